The third-order valence-corrected chi connectivity index (χ3v) is 4.55. The van der Waals surface area contributed by atoms with E-state index in [-0.39, 0.29) is 5.91 Å². The molecule has 2 aromatic rings. The van der Waals surface area contributed by atoms with Gasteiger partial charge in [0.15, 0.2) is 5.13 Å². The zero-order chi connectivity index (χ0) is 14.8. The summed E-state index contributed by atoms with van der Waals surface area (Å²) < 4.78 is 0. The topological polar surface area (TPSA) is 62.5 Å². The van der Waals surface area contributed by atoms with Crippen LogP contribution in [0.15, 0.2) is 30.3 Å². The minimum atomic E-state index is 0.0381. The maximum absolute atomic E-state index is 12.7. The summed E-state index contributed by atoms with van der Waals surface area (Å²) in [6.45, 7) is 3.31. The highest BCUT2D eigenvalue weighted by Gasteiger charge is 2.25. The van der Waals surface area contributed by atoms with E-state index in [1.807, 2.05) is 35.2 Å². The number of piperazine rings is 1. The lowest BCUT2D eigenvalue weighted by atomic mass is 10.1. The van der Waals surface area contributed by atoms with E-state index < -0.39 is 0 Å². The van der Waals surface area contributed by atoms with Gasteiger partial charge in [-0.05, 0) is 7.05 Å². The van der Waals surface area contributed by atoms with Crippen LogP contribution in [-0.2, 0) is 0 Å². The Morgan fingerprint density at radius 2 is 1.86 bits per heavy atom. The number of nitrogens with zero attached hydrogens (tertiary/aromatic N) is 3. The number of carbonyl (C=O) groups is 1. The highest BCUT2D eigenvalue weighted by molar-refractivity contribution is 7.17. The van der Waals surface area contributed by atoms with Gasteiger partial charge in [-0.1, -0.05) is 41.7 Å². The predicted octanol–water partition coefficient (Wildman–Crippen LogP) is 1.78. The molecule has 110 valence electrons. The SMILES string of the molecule is CN1CCN(C(=O)c2sc(N)nc2-c2ccccc2)CC1. The normalized spacial score (nSPS) is 16.1. The molecule has 1 amide bonds. The number of nitrogens with two attached hydrogens (primary N) is 1. The van der Waals surface area contributed by atoms with Crippen LogP contribution in [0.4, 0.5) is 5.13 Å². The van der Waals surface area contributed by atoms with Crippen LogP contribution in [0.1, 0.15) is 9.67 Å². The van der Waals surface area contributed by atoms with E-state index in [2.05, 4.69) is 16.9 Å². The van der Waals surface area contributed by atoms with Crippen molar-refractivity contribution in [3.8, 4) is 11.3 Å². The van der Waals surface area contributed by atoms with Gasteiger partial charge in [-0.2, -0.15) is 0 Å². The fourth-order valence-corrected chi connectivity index (χ4v) is 3.25. The summed E-state index contributed by atoms with van der Waals surface area (Å²) in [6.07, 6.45) is 0. The molecule has 1 saturated heterocycles. The third-order valence-electron chi connectivity index (χ3n) is 3.68. The van der Waals surface area contributed by atoms with Gasteiger partial charge in [0, 0.05) is 31.7 Å². The maximum Gasteiger partial charge on any atom is 0.266 e. The predicted molar refractivity (Wildman–Crippen MR) is 85.4 cm³/mol. The number of amides is 1. The van der Waals surface area contributed by atoms with Gasteiger partial charge >= 0.3 is 0 Å². The van der Waals surface area contributed by atoms with Crippen molar-refractivity contribution in [3.63, 3.8) is 0 Å². The monoisotopic (exact) mass is 302 g/mol. The molecule has 1 aliphatic rings. The summed E-state index contributed by atoms with van der Waals surface area (Å²) in [6, 6.07) is 9.73. The number of hydrogen-bond acceptors (Lipinski definition) is 5. The van der Waals surface area contributed by atoms with E-state index in [1.165, 1.54) is 11.3 Å². The minimum absolute atomic E-state index is 0.0381. The Bertz CT molecular complexity index is 632. The van der Waals surface area contributed by atoms with Gasteiger partial charge in [-0.3, -0.25) is 4.79 Å². The van der Waals surface area contributed by atoms with Crippen LogP contribution < -0.4 is 5.73 Å². The molecular formula is C15H18N4OS. The molecule has 6 heteroatoms. The smallest absolute Gasteiger partial charge is 0.266 e. The van der Waals surface area contributed by atoms with E-state index >= 15 is 0 Å². The van der Waals surface area contributed by atoms with Gasteiger partial charge in [0.1, 0.15) is 4.88 Å². The van der Waals surface area contributed by atoms with E-state index in [0.29, 0.717) is 15.7 Å². The lowest BCUT2D eigenvalue weighted by molar-refractivity contribution is 0.0669. The first-order valence-electron chi connectivity index (χ1n) is 6.94. The van der Waals surface area contributed by atoms with Crippen molar-refractivity contribution in [2.75, 3.05) is 39.0 Å². The average Bonchev–Trinajstić information content (AvgIpc) is 2.90. The highest BCUT2D eigenvalue weighted by Crippen LogP contribution is 2.30. The summed E-state index contributed by atoms with van der Waals surface area (Å²) in [5.74, 6) is 0.0381. The van der Waals surface area contributed by atoms with Crippen molar-refractivity contribution in [1.82, 2.24) is 14.8 Å². The van der Waals surface area contributed by atoms with E-state index in [4.69, 9.17) is 5.73 Å². The molecule has 0 bridgehead atoms. The van der Waals surface area contributed by atoms with Crippen molar-refractivity contribution in [3.05, 3.63) is 35.2 Å². The Morgan fingerprint density at radius 3 is 2.52 bits per heavy atom. The average molecular weight is 302 g/mol. The number of likely N-dealkylation sites (N-methyl/N-ethyl adjacent to an activating group) is 1. The Labute approximate surface area is 128 Å². The molecule has 2 heterocycles. The second-order valence-electron chi connectivity index (χ2n) is 5.19. The Kier molecular flexibility index (Phi) is 3.90. The van der Waals surface area contributed by atoms with Gasteiger partial charge in [0.05, 0.1) is 5.69 Å². The van der Waals surface area contributed by atoms with Crippen LogP contribution in [0.3, 0.4) is 0 Å². The molecule has 0 atom stereocenters. The fraction of sp³-hybridized carbons (Fsp3) is 0.333. The third kappa shape index (κ3) is 2.91. The van der Waals surface area contributed by atoms with Crippen LogP contribution in [-0.4, -0.2) is 53.9 Å². The molecular weight excluding hydrogens is 284 g/mol. The van der Waals surface area contributed by atoms with Crippen LogP contribution in [0.25, 0.3) is 11.3 Å². The number of nitrogen functional groups attached to an aromatic ring is 1. The second kappa shape index (κ2) is 5.83. The number of benzene rings is 1. The van der Waals surface area contributed by atoms with Gasteiger partial charge < -0.3 is 15.5 Å². The molecule has 1 fully saturated rings. The first-order valence-corrected chi connectivity index (χ1v) is 7.76. The lowest BCUT2D eigenvalue weighted by Crippen LogP contribution is -2.47. The zero-order valence-corrected chi connectivity index (χ0v) is 12.8. The lowest BCUT2D eigenvalue weighted by Gasteiger charge is -2.32. The van der Waals surface area contributed by atoms with Gasteiger partial charge in [0.25, 0.3) is 5.91 Å². The number of anilines is 1. The summed E-state index contributed by atoms with van der Waals surface area (Å²) >= 11 is 1.27. The van der Waals surface area contributed by atoms with Crippen LogP contribution in [0, 0.1) is 0 Å². The summed E-state index contributed by atoms with van der Waals surface area (Å²) in [5, 5.41) is 0.436. The van der Waals surface area contributed by atoms with Crippen molar-refractivity contribution >= 4 is 22.4 Å². The molecule has 0 radical (unpaired) electrons. The first kappa shape index (κ1) is 14.0. The molecule has 0 unspecified atom stereocenters. The molecule has 21 heavy (non-hydrogen) atoms. The van der Waals surface area contributed by atoms with Crippen LogP contribution in [0.2, 0.25) is 0 Å². The van der Waals surface area contributed by atoms with Crippen molar-refractivity contribution in [2.24, 2.45) is 0 Å². The molecule has 3 rings (SSSR count). The molecule has 1 aliphatic heterocycles. The molecule has 1 aromatic heterocycles. The van der Waals surface area contributed by atoms with Crippen LogP contribution >= 0.6 is 11.3 Å². The number of hydrogen-bond donors (Lipinski definition) is 1. The Morgan fingerprint density at radius 1 is 1.19 bits per heavy atom. The molecule has 0 saturated carbocycles. The second-order valence-corrected chi connectivity index (χ2v) is 6.22. The molecule has 5 nitrogen and oxygen atoms in total. The minimum Gasteiger partial charge on any atom is -0.375 e. The standard InChI is InChI=1S/C15H18N4OS/c1-18-7-9-19(10-8-18)14(20)13-12(17-15(16)21-13)11-5-3-2-4-6-11/h2-6H,7-10H2,1H3,(H2,16,17). The number of rotatable bonds is 2. The van der Waals surface area contributed by atoms with Crippen LogP contribution in [0.5, 0.6) is 0 Å². The number of carbonyl (C=O) groups excluding carboxylic acids is 1. The van der Waals surface area contributed by atoms with Crippen molar-refractivity contribution in [1.29, 1.82) is 0 Å². The number of thiazole rings is 1. The van der Waals surface area contributed by atoms with Gasteiger partial charge in [-0.25, -0.2) is 4.98 Å². The first-order chi connectivity index (χ1) is 10.1. The molecule has 1 aromatic carbocycles. The number of aromatic nitrogens is 1. The van der Waals surface area contributed by atoms with Gasteiger partial charge in [-0.15, -0.1) is 0 Å². The Balaban J connectivity index is 1.90. The van der Waals surface area contributed by atoms with Crippen molar-refractivity contribution in [2.45, 2.75) is 0 Å². The summed E-state index contributed by atoms with van der Waals surface area (Å²) in [4.78, 5) is 21.8. The summed E-state index contributed by atoms with van der Waals surface area (Å²) in [7, 11) is 2.07. The molecule has 0 aliphatic carbocycles. The molecule has 2 N–H and O–H groups in total. The summed E-state index contributed by atoms with van der Waals surface area (Å²) in [5.41, 5.74) is 7.46. The quantitative estimate of drug-likeness (QED) is 0.918. The van der Waals surface area contributed by atoms with Gasteiger partial charge in [0.2, 0.25) is 0 Å². The maximum atomic E-state index is 12.7. The van der Waals surface area contributed by atoms with E-state index in [1.54, 1.807) is 0 Å². The zero-order valence-electron chi connectivity index (χ0n) is 12.0. The highest BCUT2D eigenvalue weighted by atomic mass is 32.1. The van der Waals surface area contributed by atoms with E-state index in [9.17, 15) is 4.79 Å². The fourth-order valence-electron chi connectivity index (χ4n) is 2.43. The van der Waals surface area contributed by atoms with E-state index in [0.717, 1.165) is 31.7 Å². The Hall–Kier alpha value is -1.92. The molecule has 0 spiro atoms. The largest absolute Gasteiger partial charge is 0.375 e. The van der Waals surface area contributed by atoms with Crippen molar-refractivity contribution < 1.29 is 4.79 Å².